The van der Waals surface area contributed by atoms with Crippen LogP contribution in [0.4, 0.5) is 0 Å². The molecule has 3 heteroatoms. The Kier molecular flexibility index (Phi) is 2.38. The van der Waals surface area contributed by atoms with Crippen LogP contribution in [0.15, 0.2) is 66.5 Å². The standard InChI is InChI=1S/C16H12N2S/c1-2-9-15-13(7-1)17-16(19-15)12-6-5-11-18-10-4-3-8-14(12)18/h1-10H,11H2. The van der Waals surface area contributed by atoms with Crippen molar-refractivity contribution < 1.29 is 0 Å². The number of benzene rings is 1. The summed E-state index contributed by atoms with van der Waals surface area (Å²) in [7, 11) is 0. The van der Waals surface area contributed by atoms with Gasteiger partial charge in [-0.15, -0.1) is 11.3 Å². The molecule has 3 heterocycles. The maximum Gasteiger partial charge on any atom is 0.126 e. The van der Waals surface area contributed by atoms with Crippen molar-refractivity contribution in [1.29, 1.82) is 0 Å². The largest absolute Gasteiger partial charge is 0.344 e. The highest BCUT2D eigenvalue weighted by Gasteiger charge is 2.17. The van der Waals surface area contributed by atoms with Crippen molar-refractivity contribution in [1.82, 2.24) is 9.88 Å². The third kappa shape index (κ3) is 1.74. The minimum absolute atomic E-state index is 0.935. The van der Waals surface area contributed by atoms with E-state index in [-0.39, 0.29) is 0 Å². The fourth-order valence-corrected chi connectivity index (χ4v) is 3.42. The highest BCUT2D eigenvalue weighted by atomic mass is 32.1. The molecular formula is C16H12N2S. The van der Waals surface area contributed by atoms with Crippen molar-refractivity contribution in [2.45, 2.75) is 0 Å². The van der Waals surface area contributed by atoms with Gasteiger partial charge in [0.15, 0.2) is 0 Å². The summed E-state index contributed by atoms with van der Waals surface area (Å²) in [5, 5.41) is 1.09. The monoisotopic (exact) mass is 264 g/mol. The maximum atomic E-state index is 4.75. The van der Waals surface area contributed by atoms with Gasteiger partial charge < -0.3 is 4.90 Å². The van der Waals surface area contributed by atoms with Gasteiger partial charge in [-0.3, -0.25) is 0 Å². The van der Waals surface area contributed by atoms with Crippen LogP contribution in [0.2, 0.25) is 0 Å². The summed E-state index contributed by atoms with van der Waals surface area (Å²) in [6.07, 6.45) is 12.8. The van der Waals surface area contributed by atoms with Gasteiger partial charge in [0.05, 0.1) is 15.9 Å². The first-order chi connectivity index (χ1) is 9.42. The van der Waals surface area contributed by atoms with Crippen molar-refractivity contribution in [2.75, 3.05) is 6.54 Å². The average molecular weight is 264 g/mol. The first-order valence-electron chi connectivity index (χ1n) is 6.30. The summed E-state index contributed by atoms with van der Waals surface area (Å²) in [5.74, 6) is 0. The Balaban J connectivity index is 1.91. The van der Waals surface area contributed by atoms with Crippen LogP contribution in [0.1, 0.15) is 5.01 Å². The van der Waals surface area contributed by atoms with Crippen LogP contribution in [0.25, 0.3) is 15.8 Å². The molecule has 0 saturated carbocycles. The molecule has 92 valence electrons. The molecule has 2 nitrogen and oxygen atoms in total. The molecule has 0 N–H and O–H groups in total. The second-order valence-electron chi connectivity index (χ2n) is 4.54. The van der Waals surface area contributed by atoms with E-state index in [2.05, 4.69) is 59.7 Å². The molecule has 0 fully saturated rings. The van der Waals surface area contributed by atoms with Gasteiger partial charge in [-0.1, -0.05) is 30.4 Å². The van der Waals surface area contributed by atoms with E-state index in [1.807, 2.05) is 6.07 Å². The number of hydrogen-bond acceptors (Lipinski definition) is 3. The van der Waals surface area contributed by atoms with Crippen LogP contribution >= 0.6 is 11.3 Å². The van der Waals surface area contributed by atoms with Crippen LogP contribution in [0.3, 0.4) is 0 Å². The van der Waals surface area contributed by atoms with Gasteiger partial charge in [0.25, 0.3) is 0 Å². The number of hydrogen-bond donors (Lipinski definition) is 0. The molecule has 4 rings (SSSR count). The highest BCUT2D eigenvalue weighted by Crippen LogP contribution is 2.33. The number of allylic oxidation sites excluding steroid dienone is 5. The molecule has 0 spiro atoms. The molecule has 2 aromatic rings. The Morgan fingerprint density at radius 2 is 2.05 bits per heavy atom. The zero-order valence-electron chi connectivity index (χ0n) is 10.3. The second kappa shape index (κ2) is 4.21. The fourth-order valence-electron chi connectivity index (χ4n) is 2.42. The van der Waals surface area contributed by atoms with E-state index in [1.165, 1.54) is 16.0 Å². The van der Waals surface area contributed by atoms with Gasteiger partial charge >= 0.3 is 0 Å². The zero-order chi connectivity index (χ0) is 12.7. The van der Waals surface area contributed by atoms with Gasteiger partial charge in [-0.2, -0.15) is 0 Å². The third-order valence-corrected chi connectivity index (χ3v) is 4.40. The molecule has 1 aromatic carbocycles. The van der Waals surface area contributed by atoms with Gasteiger partial charge in [-0.25, -0.2) is 4.98 Å². The predicted octanol–water partition coefficient (Wildman–Crippen LogP) is 3.96. The smallest absolute Gasteiger partial charge is 0.126 e. The van der Waals surface area contributed by atoms with Crippen LogP contribution in [-0.4, -0.2) is 16.4 Å². The van der Waals surface area contributed by atoms with Crippen LogP contribution in [0, 0.1) is 0 Å². The lowest BCUT2D eigenvalue weighted by Crippen LogP contribution is -2.20. The van der Waals surface area contributed by atoms with E-state index in [0.717, 1.165) is 17.1 Å². The first kappa shape index (κ1) is 10.8. The van der Waals surface area contributed by atoms with E-state index in [1.54, 1.807) is 11.3 Å². The summed E-state index contributed by atoms with van der Waals surface area (Å²) >= 11 is 1.75. The van der Waals surface area contributed by atoms with Gasteiger partial charge in [0, 0.05) is 18.3 Å². The molecule has 19 heavy (non-hydrogen) atoms. The fraction of sp³-hybridized carbons (Fsp3) is 0.0625. The Labute approximate surface area is 115 Å². The van der Waals surface area contributed by atoms with E-state index in [0.29, 0.717) is 0 Å². The van der Waals surface area contributed by atoms with Crippen molar-refractivity contribution in [3.63, 3.8) is 0 Å². The van der Waals surface area contributed by atoms with E-state index >= 15 is 0 Å². The number of para-hydroxylation sites is 1. The minimum Gasteiger partial charge on any atom is -0.344 e. The van der Waals surface area contributed by atoms with Gasteiger partial charge in [-0.05, 0) is 24.3 Å². The van der Waals surface area contributed by atoms with Crippen LogP contribution in [0.5, 0.6) is 0 Å². The molecular weight excluding hydrogens is 252 g/mol. The molecule has 1 aromatic heterocycles. The summed E-state index contributed by atoms with van der Waals surface area (Å²) in [6, 6.07) is 8.30. The number of aromatic nitrogens is 1. The molecule has 0 bridgehead atoms. The normalized spacial score (nSPS) is 17.4. The van der Waals surface area contributed by atoms with Crippen molar-refractivity contribution in [3.05, 3.63) is 71.6 Å². The molecule has 0 amide bonds. The van der Waals surface area contributed by atoms with E-state index in [4.69, 9.17) is 4.98 Å². The summed E-state index contributed by atoms with van der Waals surface area (Å²) in [5.41, 5.74) is 3.54. The third-order valence-electron chi connectivity index (χ3n) is 3.33. The van der Waals surface area contributed by atoms with Crippen molar-refractivity contribution >= 4 is 27.1 Å². The summed E-state index contributed by atoms with van der Waals surface area (Å²) in [6.45, 7) is 0.935. The molecule has 2 aliphatic heterocycles. The SMILES string of the molecule is C1=CC2=C(c3nc4ccccc4s3)C=CCN2C=C1. The lowest BCUT2D eigenvalue weighted by atomic mass is 10.1. The summed E-state index contributed by atoms with van der Waals surface area (Å²) < 4.78 is 1.24. The zero-order valence-corrected chi connectivity index (χ0v) is 11.1. The van der Waals surface area contributed by atoms with E-state index in [9.17, 15) is 0 Å². The quantitative estimate of drug-likeness (QED) is 0.775. The molecule has 0 saturated heterocycles. The first-order valence-corrected chi connectivity index (χ1v) is 7.12. The number of nitrogens with zero attached hydrogens (tertiary/aromatic N) is 2. The van der Waals surface area contributed by atoms with Gasteiger partial charge in [0.1, 0.15) is 5.01 Å². The molecule has 0 aliphatic carbocycles. The minimum atomic E-state index is 0.935. The highest BCUT2D eigenvalue weighted by molar-refractivity contribution is 7.19. The lowest BCUT2D eigenvalue weighted by Gasteiger charge is -2.27. The van der Waals surface area contributed by atoms with E-state index < -0.39 is 0 Å². The Morgan fingerprint density at radius 1 is 1.11 bits per heavy atom. The lowest BCUT2D eigenvalue weighted by molar-refractivity contribution is 0.527. The maximum absolute atomic E-state index is 4.75. The van der Waals surface area contributed by atoms with Crippen LogP contribution < -0.4 is 0 Å². The topological polar surface area (TPSA) is 16.1 Å². The molecule has 0 unspecified atom stereocenters. The average Bonchev–Trinajstić information content (AvgIpc) is 2.90. The second-order valence-corrected chi connectivity index (χ2v) is 5.57. The van der Waals surface area contributed by atoms with Crippen molar-refractivity contribution in [2.24, 2.45) is 0 Å². The Bertz CT molecular complexity index is 729. The molecule has 0 radical (unpaired) electrons. The number of rotatable bonds is 1. The van der Waals surface area contributed by atoms with Crippen molar-refractivity contribution in [3.8, 4) is 0 Å². The Morgan fingerprint density at radius 3 is 3.00 bits per heavy atom. The Hall–Kier alpha value is -2.13. The molecule has 0 atom stereocenters. The predicted molar refractivity (Wildman–Crippen MR) is 80.7 cm³/mol. The number of thiazole rings is 1. The van der Waals surface area contributed by atoms with Gasteiger partial charge in [0.2, 0.25) is 0 Å². The number of fused-ring (bicyclic) bond motifs is 2. The molecule has 2 aliphatic rings. The van der Waals surface area contributed by atoms with Crippen LogP contribution in [-0.2, 0) is 0 Å². The summed E-state index contributed by atoms with van der Waals surface area (Å²) in [4.78, 5) is 7.00.